The van der Waals surface area contributed by atoms with Crippen LogP contribution in [0.4, 0.5) is 5.69 Å². The van der Waals surface area contributed by atoms with Crippen LogP contribution in [0.1, 0.15) is 12.6 Å². The van der Waals surface area contributed by atoms with Crippen molar-refractivity contribution in [1.82, 2.24) is 5.16 Å². The molecule has 1 aliphatic rings. The molecule has 16 heavy (non-hydrogen) atoms. The number of aryl methyl sites for hydroxylation is 1. The molecule has 3 rings (SSSR count). The summed E-state index contributed by atoms with van der Waals surface area (Å²) in [6.07, 6.45) is 0.893. The molecular weight excluding hydrogens is 202 g/mol. The SMILES string of the molecule is CCc1noc2cccc(N3CC(N)C3)c12. The van der Waals surface area contributed by atoms with E-state index in [1.807, 2.05) is 12.1 Å². The van der Waals surface area contributed by atoms with Gasteiger partial charge in [-0.05, 0) is 18.6 Å². The van der Waals surface area contributed by atoms with Gasteiger partial charge in [0.1, 0.15) is 0 Å². The normalized spacial score (nSPS) is 16.8. The number of benzene rings is 1. The van der Waals surface area contributed by atoms with Crippen LogP contribution in [0.5, 0.6) is 0 Å². The van der Waals surface area contributed by atoms with Crippen molar-refractivity contribution in [2.24, 2.45) is 5.73 Å². The molecule has 1 aromatic heterocycles. The Balaban J connectivity index is 2.12. The first kappa shape index (κ1) is 9.66. The number of hydrogen-bond donors (Lipinski definition) is 1. The Hall–Kier alpha value is -1.55. The molecule has 0 saturated carbocycles. The fraction of sp³-hybridized carbons (Fsp3) is 0.417. The minimum atomic E-state index is 0.306. The number of hydrogen-bond acceptors (Lipinski definition) is 4. The van der Waals surface area contributed by atoms with Crippen LogP contribution in [0, 0.1) is 0 Å². The summed E-state index contributed by atoms with van der Waals surface area (Å²) in [7, 11) is 0. The first-order chi connectivity index (χ1) is 7.79. The van der Waals surface area contributed by atoms with Crippen LogP contribution >= 0.6 is 0 Å². The maximum atomic E-state index is 5.82. The standard InChI is InChI=1S/C12H15N3O/c1-2-9-12-10(15-6-8(13)7-15)4-3-5-11(12)16-14-9/h3-5,8H,2,6-7,13H2,1H3. The number of aromatic nitrogens is 1. The van der Waals surface area contributed by atoms with Gasteiger partial charge in [-0.2, -0.15) is 0 Å². The molecule has 0 unspecified atom stereocenters. The van der Waals surface area contributed by atoms with E-state index in [9.17, 15) is 0 Å². The minimum Gasteiger partial charge on any atom is -0.368 e. The summed E-state index contributed by atoms with van der Waals surface area (Å²) in [5.74, 6) is 0. The molecule has 1 fully saturated rings. The lowest BCUT2D eigenvalue weighted by Gasteiger charge is -2.39. The molecule has 84 valence electrons. The number of nitrogens with zero attached hydrogens (tertiary/aromatic N) is 2. The predicted molar refractivity (Wildman–Crippen MR) is 63.6 cm³/mol. The maximum absolute atomic E-state index is 5.82. The Morgan fingerprint density at radius 2 is 2.31 bits per heavy atom. The molecule has 0 amide bonds. The number of fused-ring (bicyclic) bond motifs is 1. The molecular formula is C12H15N3O. The second kappa shape index (κ2) is 3.49. The fourth-order valence-electron chi connectivity index (χ4n) is 2.25. The van der Waals surface area contributed by atoms with Gasteiger partial charge in [0.05, 0.1) is 11.1 Å². The molecule has 1 aliphatic heterocycles. The van der Waals surface area contributed by atoms with E-state index in [4.69, 9.17) is 10.3 Å². The highest BCUT2D eigenvalue weighted by Crippen LogP contribution is 2.32. The summed E-state index contributed by atoms with van der Waals surface area (Å²) in [5, 5.41) is 5.25. The second-order valence-corrected chi connectivity index (χ2v) is 4.30. The quantitative estimate of drug-likeness (QED) is 0.829. The Morgan fingerprint density at radius 1 is 1.50 bits per heavy atom. The third kappa shape index (κ3) is 1.30. The Labute approximate surface area is 94.0 Å². The van der Waals surface area contributed by atoms with Gasteiger partial charge in [0, 0.05) is 24.8 Å². The summed E-state index contributed by atoms with van der Waals surface area (Å²) in [6.45, 7) is 3.94. The topological polar surface area (TPSA) is 55.3 Å². The summed E-state index contributed by atoms with van der Waals surface area (Å²) in [6, 6.07) is 6.39. The highest BCUT2D eigenvalue weighted by atomic mass is 16.5. The van der Waals surface area contributed by atoms with Gasteiger partial charge in [-0.15, -0.1) is 0 Å². The van der Waals surface area contributed by atoms with Crippen molar-refractivity contribution in [2.75, 3.05) is 18.0 Å². The van der Waals surface area contributed by atoms with Gasteiger partial charge >= 0.3 is 0 Å². The van der Waals surface area contributed by atoms with Crippen LogP contribution < -0.4 is 10.6 Å². The van der Waals surface area contributed by atoms with Crippen molar-refractivity contribution in [3.8, 4) is 0 Å². The van der Waals surface area contributed by atoms with E-state index in [1.165, 1.54) is 5.69 Å². The van der Waals surface area contributed by atoms with Gasteiger partial charge in [-0.25, -0.2) is 0 Å². The summed E-state index contributed by atoms with van der Waals surface area (Å²) >= 11 is 0. The van der Waals surface area contributed by atoms with Crippen molar-refractivity contribution >= 4 is 16.7 Å². The Kier molecular flexibility index (Phi) is 2.11. The number of rotatable bonds is 2. The fourth-order valence-corrected chi connectivity index (χ4v) is 2.25. The summed E-state index contributed by atoms with van der Waals surface area (Å²) in [5.41, 5.74) is 8.92. The van der Waals surface area contributed by atoms with E-state index in [1.54, 1.807) is 0 Å². The first-order valence-corrected chi connectivity index (χ1v) is 5.67. The molecule has 4 heteroatoms. The van der Waals surface area contributed by atoms with Crippen LogP contribution in [0.25, 0.3) is 11.0 Å². The third-order valence-electron chi connectivity index (χ3n) is 3.13. The zero-order valence-electron chi connectivity index (χ0n) is 9.31. The van der Waals surface area contributed by atoms with E-state index in [0.29, 0.717) is 6.04 Å². The minimum absolute atomic E-state index is 0.306. The molecule has 4 nitrogen and oxygen atoms in total. The molecule has 2 N–H and O–H groups in total. The van der Waals surface area contributed by atoms with Crippen molar-refractivity contribution in [3.63, 3.8) is 0 Å². The van der Waals surface area contributed by atoms with E-state index in [2.05, 4.69) is 23.0 Å². The van der Waals surface area contributed by atoms with Crippen LogP contribution in [-0.2, 0) is 6.42 Å². The highest BCUT2D eigenvalue weighted by molar-refractivity contribution is 5.93. The lowest BCUT2D eigenvalue weighted by Crippen LogP contribution is -2.55. The molecule has 0 atom stereocenters. The monoisotopic (exact) mass is 217 g/mol. The molecule has 0 radical (unpaired) electrons. The van der Waals surface area contributed by atoms with E-state index in [-0.39, 0.29) is 0 Å². The van der Waals surface area contributed by atoms with Gasteiger partial charge in [0.15, 0.2) is 5.58 Å². The van der Waals surface area contributed by atoms with E-state index in [0.717, 1.165) is 36.2 Å². The highest BCUT2D eigenvalue weighted by Gasteiger charge is 2.26. The van der Waals surface area contributed by atoms with Gasteiger partial charge in [-0.3, -0.25) is 0 Å². The largest absolute Gasteiger partial charge is 0.368 e. The molecule has 0 bridgehead atoms. The van der Waals surface area contributed by atoms with Crippen molar-refractivity contribution in [1.29, 1.82) is 0 Å². The summed E-state index contributed by atoms with van der Waals surface area (Å²) in [4.78, 5) is 2.28. The van der Waals surface area contributed by atoms with Gasteiger partial charge in [-0.1, -0.05) is 18.1 Å². The molecule has 0 aliphatic carbocycles. The van der Waals surface area contributed by atoms with Crippen molar-refractivity contribution in [3.05, 3.63) is 23.9 Å². The molecule has 0 spiro atoms. The first-order valence-electron chi connectivity index (χ1n) is 5.67. The third-order valence-corrected chi connectivity index (χ3v) is 3.13. The van der Waals surface area contributed by atoms with E-state index < -0.39 is 0 Å². The van der Waals surface area contributed by atoms with Crippen molar-refractivity contribution in [2.45, 2.75) is 19.4 Å². The number of anilines is 1. The van der Waals surface area contributed by atoms with Gasteiger partial charge < -0.3 is 15.2 Å². The molecule has 2 aromatic rings. The number of nitrogens with two attached hydrogens (primary N) is 1. The van der Waals surface area contributed by atoms with E-state index >= 15 is 0 Å². The average molecular weight is 217 g/mol. The van der Waals surface area contributed by atoms with Gasteiger partial charge in [0.2, 0.25) is 0 Å². The van der Waals surface area contributed by atoms with Crippen LogP contribution in [0.15, 0.2) is 22.7 Å². The van der Waals surface area contributed by atoms with Gasteiger partial charge in [0.25, 0.3) is 0 Å². The lowest BCUT2D eigenvalue weighted by atomic mass is 10.1. The van der Waals surface area contributed by atoms with Crippen molar-refractivity contribution < 1.29 is 4.52 Å². The Morgan fingerprint density at radius 3 is 3.00 bits per heavy atom. The zero-order chi connectivity index (χ0) is 11.1. The Bertz CT molecular complexity index is 514. The van der Waals surface area contributed by atoms with Crippen LogP contribution in [0.2, 0.25) is 0 Å². The van der Waals surface area contributed by atoms with Crippen LogP contribution in [0.3, 0.4) is 0 Å². The smallest absolute Gasteiger partial charge is 0.169 e. The lowest BCUT2D eigenvalue weighted by molar-refractivity contribution is 0.447. The molecule has 1 aromatic carbocycles. The molecule has 1 saturated heterocycles. The average Bonchev–Trinajstić information content (AvgIpc) is 2.67. The zero-order valence-corrected chi connectivity index (χ0v) is 9.31. The second-order valence-electron chi connectivity index (χ2n) is 4.30. The molecule has 2 heterocycles. The van der Waals surface area contributed by atoms with Crippen LogP contribution in [-0.4, -0.2) is 24.3 Å². The summed E-state index contributed by atoms with van der Waals surface area (Å²) < 4.78 is 5.32. The predicted octanol–water partition coefficient (Wildman–Crippen LogP) is 1.54. The maximum Gasteiger partial charge on any atom is 0.169 e.